The van der Waals surface area contributed by atoms with E-state index in [1.165, 1.54) is 0 Å². The molecule has 126 valence electrons. The minimum absolute atomic E-state index is 0. The van der Waals surface area contributed by atoms with Crippen LogP contribution in [0.15, 0.2) is 22.7 Å². The van der Waals surface area contributed by atoms with Gasteiger partial charge in [-0.15, -0.1) is 12.4 Å². The molecule has 2 atom stereocenters. The van der Waals surface area contributed by atoms with Crippen LogP contribution in [-0.2, 0) is 12.7 Å². The summed E-state index contributed by atoms with van der Waals surface area (Å²) in [6.45, 7) is 3.89. The summed E-state index contributed by atoms with van der Waals surface area (Å²) in [5, 5.41) is 0. The zero-order chi connectivity index (χ0) is 15.6. The monoisotopic (exact) mass is 400 g/mol. The van der Waals surface area contributed by atoms with Crippen LogP contribution in [-0.4, -0.2) is 24.0 Å². The third-order valence-corrected chi connectivity index (χ3v) is 4.55. The number of hydrogen-bond donors (Lipinski definition) is 1. The third kappa shape index (κ3) is 5.11. The van der Waals surface area contributed by atoms with Crippen LogP contribution in [0.2, 0.25) is 0 Å². The van der Waals surface area contributed by atoms with Gasteiger partial charge in [0.05, 0.1) is 5.56 Å². The van der Waals surface area contributed by atoms with E-state index in [0.29, 0.717) is 22.5 Å². The SMILES string of the molecule is CC(N)C1CCCN(Cc2ccc(Br)cc2C(F)(F)F)C1.Cl. The van der Waals surface area contributed by atoms with Crippen molar-refractivity contribution in [2.45, 2.75) is 38.5 Å². The molecule has 0 saturated carbocycles. The van der Waals surface area contributed by atoms with Gasteiger partial charge in [0.25, 0.3) is 0 Å². The van der Waals surface area contributed by atoms with Crippen LogP contribution in [0.4, 0.5) is 13.2 Å². The summed E-state index contributed by atoms with van der Waals surface area (Å²) in [5.41, 5.74) is 5.70. The predicted octanol–water partition coefficient (Wildman–Crippen LogP) is 4.45. The number of halogens is 5. The van der Waals surface area contributed by atoms with Gasteiger partial charge in [-0.1, -0.05) is 22.0 Å². The molecule has 1 aromatic rings. The summed E-state index contributed by atoms with van der Waals surface area (Å²) in [7, 11) is 0. The first-order valence-corrected chi connectivity index (χ1v) is 7.90. The van der Waals surface area contributed by atoms with E-state index in [1.54, 1.807) is 12.1 Å². The van der Waals surface area contributed by atoms with E-state index in [1.807, 2.05) is 6.92 Å². The molecule has 0 spiro atoms. The van der Waals surface area contributed by atoms with Gasteiger partial charge >= 0.3 is 6.18 Å². The maximum atomic E-state index is 13.1. The highest BCUT2D eigenvalue weighted by Gasteiger charge is 2.34. The Morgan fingerprint density at radius 1 is 1.41 bits per heavy atom. The highest BCUT2D eigenvalue weighted by molar-refractivity contribution is 9.10. The summed E-state index contributed by atoms with van der Waals surface area (Å²) >= 11 is 3.11. The van der Waals surface area contributed by atoms with Crippen LogP contribution >= 0.6 is 28.3 Å². The van der Waals surface area contributed by atoms with Crippen LogP contribution in [0.3, 0.4) is 0 Å². The summed E-state index contributed by atoms with van der Waals surface area (Å²) < 4.78 is 39.8. The van der Waals surface area contributed by atoms with Crippen molar-refractivity contribution in [1.82, 2.24) is 4.90 Å². The van der Waals surface area contributed by atoms with E-state index in [2.05, 4.69) is 20.8 Å². The van der Waals surface area contributed by atoms with E-state index in [4.69, 9.17) is 5.73 Å². The fraction of sp³-hybridized carbons (Fsp3) is 0.600. The van der Waals surface area contributed by atoms with Gasteiger partial charge in [0, 0.05) is 23.6 Å². The normalized spacial score (nSPS) is 21.3. The molecule has 1 heterocycles. The predicted molar refractivity (Wildman–Crippen MR) is 88.0 cm³/mol. The first-order chi connectivity index (χ1) is 9.77. The molecule has 1 aromatic carbocycles. The number of alkyl halides is 3. The number of rotatable bonds is 3. The van der Waals surface area contributed by atoms with E-state index in [0.717, 1.165) is 32.0 Å². The van der Waals surface area contributed by atoms with Crippen molar-refractivity contribution in [3.05, 3.63) is 33.8 Å². The molecular formula is C15H21BrClF3N2. The summed E-state index contributed by atoms with van der Waals surface area (Å²) in [5.74, 6) is 0.364. The maximum Gasteiger partial charge on any atom is 0.416 e. The Morgan fingerprint density at radius 2 is 2.09 bits per heavy atom. The van der Waals surface area contributed by atoms with Crippen molar-refractivity contribution in [2.24, 2.45) is 11.7 Å². The first kappa shape index (κ1) is 19.7. The first-order valence-electron chi connectivity index (χ1n) is 7.11. The molecule has 2 rings (SSSR count). The molecule has 2 nitrogen and oxygen atoms in total. The van der Waals surface area contributed by atoms with Crippen LogP contribution in [0.25, 0.3) is 0 Å². The van der Waals surface area contributed by atoms with Gasteiger partial charge in [0.2, 0.25) is 0 Å². The lowest BCUT2D eigenvalue weighted by Crippen LogP contribution is -2.42. The highest BCUT2D eigenvalue weighted by atomic mass is 79.9. The lowest BCUT2D eigenvalue weighted by atomic mass is 9.91. The fourth-order valence-electron chi connectivity index (χ4n) is 2.86. The number of benzene rings is 1. The molecule has 0 radical (unpaired) electrons. The van der Waals surface area contributed by atoms with E-state index in [9.17, 15) is 13.2 Å². The van der Waals surface area contributed by atoms with Crippen molar-refractivity contribution in [1.29, 1.82) is 0 Å². The highest BCUT2D eigenvalue weighted by Crippen LogP contribution is 2.35. The van der Waals surface area contributed by atoms with Gasteiger partial charge in [0.1, 0.15) is 0 Å². The van der Waals surface area contributed by atoms with Crippen LogP contribution in [0, 0.1) is 5.92 Å². The Bertz CT molecular complexity index is 494. The Balaban J connectivity index is 0.00000242. The molecule has 0 aromatic heterocycles. The van der Waals surface area contributed by atoms with Crippen LogP contribution < -0.4 is 5.73 Å². The van der Waals surface area contributed by atoms with Gasteiger partial charge in [0.15, 0.2) is 0 Å². The topological polar surface area (TPSA) is 29.3 Å². The number of hydrogen-bond acceptors (Lipinski definition) is 2. The molecule has 1 aliphatic rings. The molecule has 2 N–H and O–H groups in total. The van der Waals surface area contributed by atoms with Crippen molar-refractivity contribution in [3.63, 3.8) is 0 Å². The molecule has 2 unspecified atom stereocenters. The number of likely N-dealkylation sites (tertiary alicyclic amines) is 1. The van der Waals surface area contributed by atoms with E-state index in [-0.39, 0.29) is 18.4 Å². The molecular weight excluding hydrogens is 381 g/mol. The Labute approximate surface area is 143 Å². The molecule has 7 heteroatoms. The molecule has 1 fully saturated rings. The van der Waals surface area contributed by atoms with Gasteiger partial charge in [-0.05, 0) is 49.9 Å². The molecule has 0 aliphatic carbocycles. The second-order valence-corrected chi connectivity index (χ2v) is 6.71. The van der Waals surface area contributed by atoms with Crippen LogP contribution in [0.1, 0.15) is 30.9 Å². The molecule has 1 saturated heterocycles. The average Bonchev–Trinajstić information content (AvgIpc) is 2.40. The minimum Gasteiger partial charge on any atom is -0.328 e. The summed E-state index contributed by atoms with van der Waals surface area (Å²) in [6.07, 6.45) is -2.28. The number of nitrogens with zero attached hydrogens (tertiary/aromatic N) is 1. The number of piperidine rings is 1. The summed E-state index contributed by atoms with van der Waals surface area (Å²) in [4.78, 5) is 2.08. The molecule has 1 aliphatic heterocycles. The lowest BCUT2D eigenvalue weighted by Gasteiger charge is -2.35. The average molecular weight is 402 g/mol. The maximum absolute atomic E-state index is 13.1. The Kier molecular flexibility index (Phi) is 7.18. The second-order valence-electron chi connectivity index (χ2n) is 5.80. The number of nitrogens with two attached hydrogens (primary N) is 1. The fourth-order valence-corrected chi connectivity index (χ4v) is 3.22. The quantitative estimate of drug-likeness (QED) is 0.811. The molecule has 0 amide bonds. The van der Waals surface area contributed by atoms with Crippen molar-refractivity contribution in [3.8, 4) is 0 Å². The standard InChI is InChI=1S/C15H20BrF3N2.ClH/c1-10(20)11-3-2-6-21(8-11)9-12-4-5-13(16)7-14(12)15(17,18)19;/h4-5,7,10-11H,2-3,6,8-9,20H2,1H3;1H. The summed E-state index contributed by atoms with van der Waals surface area (Å²) in [6, 6.07) is 4.46. The van der Waals surface area contributed by atoms with E-state index < -0.39 is 11.7 Å². The third-order valence-electron chi connectivity index (χ3n) is 4.06. The van der Waals surface area contributed by atoms with Gasteiger partial charge in [-0.2, -0.15) is 13.2 Å². The van der Waals surface area contributed by atoms with Crippen molar-refractivity contribution in [2.75, 3.05) is 13.1 Å². The van der Waals surface area contributed by atoms with Crippen molar-refractivity contribution >= 4 is 28.3 Å². The van der Waals surface area contributed by atoms with Crippen LogP contribution in [0.5, 0.6) is 0 Å². The van der Waals surface area contributed by atoms with E-state index >= 15 is 0 Å². The van der Waals surface area contributed by atoms with Gasteiger partial charge in [-0.3, -0.25) is 4.90 Å². The second kappa shape index (κ2) is 7.99. The molecule has 0 bridgehead atoms. The smallest absolute Gasteiger partial charge is 0.328 e. The Hall–Kier alpha value is -0.300. The Morgan fingerprint density at radius 3 is 2.68 bits per heavy atom. The molecule has 22 heavy (non-hydrogen) atoms. The zero-order valence-corrected chi connectivity index (χ0v) is 14.8. The van der Waals surface area contributed by atoms with Gasteiger partial charge < -0.3 is 5.73 Å². The van der Waals surface area contributed by atoms with Crippen molar-refractivity contribution < 1.29 is 13.2 Å². The minimum atomic E-state index is -4.32. The lowest BCUT2D eigenvalue weighted by molar-refractivity contribution is -0.138. The largest absolute Gasteiger partial charge is 0.416 e. The zero-order valence-electron chi connectivity index (χ0n) is 12.4. The van der Waals surface area contributed by atoms with Gasteiger partial charge in [-0.25, -0.2) is 0 Å².